The lowest BCUT2D eigenvalue weighted by Crippen LogP contribution is -2.36. The van der Waals surface area contributed by atoms with E-state index in [1.807, 2.05) is 48.5 Å². The molecule has 0 spiro atoms. The van der Waals surface area contributed by atoms with Gasteiger partial charge >= 0.3 is 0 Å². The number of carbonyl (C=O) groups excluding carboxylic acids is 1. The maximum Gasteiger partial charge on any atom is 0.254 e. The van der Waals surface area contributed by atoms with Crippen LogP contribution in [0.25, 0.3) is 0 Å². The van der Waals surface area contributed by atoms with Crippen molar-refractivity contribution in [1.29, 1.82) is 0 Å². The Hall–Kier alpha value is -2.17. The highest BCUT2D eigenvalue weighted by Gasteiger charge is 2.28. The molecular weight excluding hydrogens is 302 g/mol. The zero-order valence-corrected chi connectivity index (χ0v) is 13.7. The summed E-state index contributed by atoms with van der Waals surface area (Å²) in [5.41, 5.74) is 3.18. The SMILES string of the molecule is O=C(N[C@@H](CCCO)c1ccccc1)[C@H]1OCCc2ccccc21. The monoisotopic (exact) mass is 325 g/mol. The maximum atomic E-state index is 12.8. The average Bonchev–Trinajstić information content (AvgIpc) is 2.65. The highest BCUT2D eigenvalue weighted by Crippen LogP contribution is 2.28. The van der Waals surface area contributed by atoms with Gasteiger partial charge in [0.15, 0.2) is 6.10 Å². The third kappa shape index (κ3) is 3.83. The van der Waals surface area contributed by atoms with Crippen LogP contribution in [0.2, 0.25) is 0 Å². The lowest BCUT2D eigenvalue weighted by Gasteiger charge is -2.27. The molecule has 3 rings (SSSR count). The van der Waals surface area contributed by atoms with Gasteiger partial charge in [0.1, 0.15) is 0 Å². The van der Waals surface area contributed by atoms with E-state index in [0.29, 0.717) is 19.4 Å². The number of amides is 1. The molecule has 1 heterocycles. The predicted octanol–water partition coefficient (Wildman–Crippen LogP) is 2.93. The van der Waals surface area contributed by atoms with Gasteiger partial charge < -0.3 is 15.2 Å². The van der Waals surface area contributed by atoms with Crippen LogP contribution in [0.4, 0.5) is 0 Å². The first kappa shape index (κ1) is 16.7. The molecule has 0 unspecified atom stereocenters. The van der Waals surface area contributed by atoms with Crippen molar-refractivity contribution in [2.75, 3.05) is 13.2 Å². The van der Waals surface area contributed by atoms with Gasteiger partial charge in [-0.05, 0) is 36.0 Å². The van der Waals surface area contributed by atoms with E-state index in [1.54, 1.807) is 0 Å². The minimum atomic E-state index is -0.560. The second kappa shape index (κ2) is 8.08. The van der Waals surface area contributed by atoms with Gasteiger partial charge in [-0.2, -0.15) is 0 Å². The average molecular weight is 325 g/mol. The Morgan fingerprint density at radius 3 is 2.71 bits per heavy atom. The fraction of sp³-hybridized carbons (Fsp3) is 0.350. The largest absolute Gasteiger partial charge is 0.396 e. The van der Waals surface area contributed by atoms with Gasteiger partial charge in [-0.1, -0.05) is 54.6 Å². The lowest BCUT2D eigenvalue weighted by atomic mass is 9.96. The van der Waals surface area contributed by atoms with Crippen molar-refractivity contribution in [2.24, 2.45) is 0 Å². The lowest BCUT2D eigenvalue weighted by molar-refractivity contribution is -0.135. The summed E-state index contributed by atoms with van der Waals surface area (Å²) >= 11 is 0. The van der Waals surface area contributed by atoms with E-state index >= 15 is 0 Å². The number of fused-ring (bicyclic) bond motifs is 1. The fourth-order valence-electron chi connectivity index (χ4n) is 3.16. The number of carbonyl (C=O) groups is 1. The smallest absolute Gasteiger partial charge is 0.254 e. The first-order valence-electron chi connectivity index (χ1n) is 8.45. The first-order valence-corrected chi connectivity index (χ1v) is 8.45. The van der Waals surface area contributed by atoms with Crippen LogP contribution < -0.4 is 5.32 Å². The molecule has 4 heteroatoms. The molecule has 1 aliphatic rings. The van der Waals surface area contributed by atoms with Crippen molar-refractivity contribution < 1.29 is 14.6 Å². The molecule has 0 radical (unpaired) electrons. The molecule has 0 fully saturated rings. The Morgan fingerprint density at radius 2 is 1.92 bits per heavy atom. The molecule has 24 heavy (non-hydrogen) atoms. The molecule has 4 nitrogen and oxygen atoms in total. The van der Waals surface area contributed by atoms with Gasteiger partial charge in [0.2, 0.25) is 0 Å². The Kier molecular flexibility index (Phi) is 5.62. The molecule has 126 valence electrons. The number of ether oxygens (including phenoxy) is 1. The predicted molar refractivity (Wildman–Crippen MR) is 92.5 cm³/mol. The van der Waals surface area contributed by atoms with E-state index < -0.39 is 6.10 Å². The maximum absolute atomic E-state index is 12.8. The van der Waals surface area contributed by atoms with Crippen molar-refractivity contribution in [3.8, 4) is 0 Å². The fourth-order valence-corrected chi connectivity index (χ4v) is 3.16. The zero-order valence-electron chi connectivity index (χ0n) is 13.7. The van der Waals surface area contributed by atoms with Gasteiger partial charge in [0, 0.05) is 6.61 Å². The van der Waals surface area contributed by atoms with E-state index in [9.17, 15) is 4.79 Å². The van der Waals surface area contributed by atoms with Crippen molar-refractivity contribution in [2.45, 2.75) is 31.4 Å². The molecule has 2 aromatic rings. The minimum absolute atomic E-state index is 0.113. The molecule has 1 amide bonds. The Morgan fingerprint density at radius 1 is 1.17 bits per heavy atom. The van der Waals surface area contributed by atoms with E-state index in [0.717, 1.165) is 17.5 Å². The summed E-state index contributed by atoms with van der Waals surface area (Å²) in [6.07, 6.45) is 1.62. The minimum Gasteiger partial charge on any atom is -0.396 e. The second-order valence-corrected chi connectivity index (χ2v) is 6.04. The van der Waals surface area contributed by atoms with Crippen LogP contribution in [0.5, 0.6) is 0 Å². The number of benzene rings is 2. The van der Waals surface area contributed by atoms with Crippen LogP contribution in [-0.2, 0) is 16.0 Å². The molecule has 0 aliphatic carbocycles. The van der Waals surface area contributed by atoms with Crippen LogP contribution >= 0.6 is 0 Å². The summed E-state index contributed by atoms with van der Waals surface area (Å²) in [6, 6.07) is 17.7. The van der Waals surface area contributed by atoms with Gasteiger partial charge in [-0.15, -0.1) is 0 Å². The number of rotatable bonds is 6. The molecule has 0 aromatic heterocycles. The van der Waals surface area contributed by atoms with Crippen LogP contribution in [0.1, 0.15) is 41.7 Å². The molecule has 1 aliphatic heterocycles. The van der Waals surface area contributed by atoms with Crippen LogP contribution in [0.3, 0.4) is 0 Å². The standard InChI is InChI=1S/C20H23NO3/c22-13-6-11-18(16-8-2-1-3-9-16)21-20(23)19-17-10-5-4-7-15(17)12-14-24-19/h1-5,7-10,18-19,22H,6,11-14H2,(H,21,23)/t18-,19-/m0/s1. The summed E-state index contributed by atoms with van der Waals surface area (Å²) in [4.78, 5) is 12.8. The van der Waals surface area contributed by atoms with E-state index in [-0.39, 0.29) is 18.6 Å². The molecule has 2 atom stereocenters. The quantitative estimate of drug-likeness (QED) is 0.858. The van der Waals surface area contributed by atoms with Crippen molar-refractivity contribution in [3.05, 3.63) is 71.3 Å². The molecule has 2 aromatic carbocycles. The van der Waals surface area contributed by atoms with E-state index in [4.69, 9.17) is 9.84 Å². The number of hydrogen-bond donors (Lipinski definition) is 2. The Bertz CT molecular complexity index is 672. The molecule has 0 bridgehead atoms. The summed E-state index contributed by atoms with van der Waals surface area (Å²) < 4.78 is 5.75. The molecular formula is C20H23NO3. The number of aliphatic hydroxyl groups is 1. The third-order valence-corrected chi connectivity index (χ3v) is 4.40. The van der Waals surface area contributed by atoms with Gasteiger partial charge in [0.25, 0.3) is 5.91 Å². The highest BCUT2D eigenvalue weighted by molar-refractivity contribution is 5.83. The Labute approximate surface area is 142 Å². The summed E-state index contributed by atoms with van der Waals surface area (Å²) in [6.45, 7) is 0.670. The van der Waals surface area contributed by atoms with Gasteiger partial charge in [-0.25, -0.2) is 0 Å². The van der Waals surface area contributed by atoms with Crippen molar-refractivity contribution >= 4 is 5.91 Å². The van der Waals surface area contributed by atoms with E-state index in [1.165, 1.54) is 5.56 Å². The van der Waals surface area contributed by atoms with Gasteiger partial charge in [0.05, 0.1) is 12.6 Å². The normalized spacial score (nSPS) is 17.8. The van der Waals surface area contributed by atoms with Crippen LogP contribution in [0.15, 0.2) is 54.6 Å². The third-order valence-electron chi connectivity index (χ3n) is 4.40. The summed E-state index contributed by atoms with van der Waals surface area (Å²) in [5.74, 6) is -0.117. The van der Waals surface area contributed by atoms with Crippen molar-refractivity contribution in [1.82, 2.24) is 5.32 Å². The van der Waals surface area contributed by atoms with Crippen LogP contribution in [-0.4, -0.2) is 24.2 Å². The Balaban J connectivity index is 1.76. The van der Waals surface area contributed by atoms with Crippen LogP contribution in [0, 0.1) is 0 Å². The first-order chi connectivity index (χ1) is 11.8. The van der Waals surface area contributed by atoms with Gasteiger partial charge in [-0.3, -0.25) is 4.79 Å². The van der Waals surface area contributed by atoms with E-state index in [2.05, 4.69) is 11.4 Å². The highest BCUT2D eigenvalue weighted by atomic mass is 16.5. The summed E-state index contributed by atoms with van der Waals surface area (Å²) in [5, 5.41) is 12.2. The number of nitrogens with one attached hydrogen (secondary N) is 1. The topological polar surface area (TPSA) is 58.6 Å². The molecule has 2 N–H and O–H groups in total. The number of aliphatic hydroxyl groups excluding tert-OH is 1. The molecule has 0 saturated heterocycles. The van der Waals surface area contributed by atoms with Crippen molar-refractivity contribution in [3.63, 3.8) is 0 Å². The summed E-state index contributed by atoms with van der Waals surface area (Å²) in [7, 11) is 0. The molecule has 0 saturated carbocycles. The number of hydrogen-bond acceptors (Lipinski definition) is 3. The zero-order chi connectivity index (χ0) is 16.8. The second-order valence-electron chi connectivity index (χ2n) is 6.04.